The summed E-state index contributed by atoms with van der Waals surface area (Å²) in [5, 5.41) is 3.09. The lowest BCUT2D eigenvalue weighted by atomic mass is 10.3. The summed E-state index contributed by atoms with van der Waals surface area (Å²) in [6.45, 7) is 4.29. The summed E-state index contributed by atoms with van der Waals surface area (Å²) in [5.74, 6) is 1.20. The maximum absolute atomic E-state index is 12.1. The Morgan fingerprint density at radius 3 is 2.63 bits per heavy atom. The lowest BCUT2D eigenvalue weighted by Crippen LogP contribution is -2.24. The number of fused-ring (bicyclic) bond motifs is 1. The highest BCUT2D eigenvalue weighted by Gasteiger charge is 2.19. The van der Waals surface area contributed by atoms with Crippen LogP contribution in [0.2, 0.25) is 0 Å². The van der Waals surface area contributed by atoms with Gasteiger partial charge in [0, 0.05) is 12.6 Å². The molecule has 1 aliphatic rings. The summed E-state index contributed by atoms with van der Waals surface area (Å²) in [6.07, 6.45) is 0.990. The first-order valence-electron chi connectivity index (χ1n) is 6.46. The number of ether oxygens (including phenoxy) is 2. The molecular weight excluding hydrogens is 266 g/mol. The molecule has 5 nitrogen and oxygen atoms in total. The molecule has 0 amide bonds. The Bertz CT molecular complexity index is 527. The highest BCUT2D eigenvalue weighted by atomic mass is 32.2. The van der Waals surface area contributed by atoms with Crippen LogP contribution in [-0.4, -0.2) is 40.5 Å². The smallest absolute Gasteiger partial charge is 0.179 e. The van der Waals surface area contributed by atoms with Gasteiger partial charge in [-0.1, -0.05) is 6.92 Å². The Hall–Kier alpha value is -1.27. The Morgan fingerprint density at radius 1 is 1.16 bits per heavy atom. The molecule has 0 unspecified atom stereocenters. The van der Waals surface area contributed by atoms with Crippen LogP contribution in [-0.2, 0) is 9.84 Å². The van der Waals surface area contributed by atoms with Gasteiger partial charge in [0.05, 0.1) is 10.6 Å². The molecule has 19 heavy (non-hydrogen) atoms. The molecule has 0 saturated heterocycles. The van der Waals surface area contributed by atoms with Crippen molar-refractivity contribution >= 4 is 9.84 Å². The van der Waals surface area contributed by atoms with Gasteiger partial charge < -0.3 is 14.8 Å². The van der Waals surface area contributed by atoms with Crippen LogP contribution in [0.3, 0.4) is 0 Å². The van der Waals surface area contributed by atoms with E-state index < -0.39 is 9.84 Å². The van der Waals surface area contributed by atoms with E-state index in [0.29, 0.717) is 31.3 Å². The standard InChI is InChI=1S/C13H19NO4S/c1-2-5-14-6-9-19(15,16)11-3-4-12-13(10-11)18-8-7-17-12/h3-4,10,14H,2,5-9H2,1H3. The number of sulfone groups is 1. The van der Waals surface area contributed by atoms with E-state index in [2.05, 4.69) is 5.32 Å². The second kappa shape index (κ2) is 6.25. The van der Waals surface area contributed by atoms with Gasteiger partial charge in [-0.15, -0.1) is 0 Å². The Morgan fingerprint density at radius 2 is 1.89 bits per heavy atom. The van der Waals surface area contributed by atoms with Gasteiger partial charge in [0.2, 0.25) is 0 Å². The van der Waals surface area contributed by atoms with E-state index >= 15 is 0 Å². The number of hydrogen-bond acceptors (Lipinski definition) is 5. The van der Waals surface area contributed by atoms with Crippen molar-refractivity contribution in [2.24, 2.45) is 0 Å². The number of nitrogens with one attached hydrogen (secondary N) is 1. The normalized spacial score (nSPS) is 14.4. The van der Waals surface area contributed by atoms with Crippen molar-refractivity contribution in [3.63, 3.8) is 0 Å². The minimum atomic E-state index is -3.27. The van der Waals surface area contributed by atoms with Crippen molar-refractivity contribution in [2.45, 2.75) is 18.2 Å². The van der Waals surface area contributed by atoms with Crippen LogP contribution in [0.4, 0.5) is 0 Å². The minimum Gasteiger partial charge on any atom is -0.486 e. The molecule has 106 valence electrons. The fourth-order valence-electron chi connectivity index (χ4n) is 1.84. The van der Waals surface area contributed by atoms with Crippen LogP contribution in [0.25, 0.3) is 0 Å². The summed E-state index contributed by atoms with van der Waals surface area (Å²) < 4.78 is 35.1. The zero-order valence-corrected chi connectivity index (χ0v) is 11.8. The van der Waals surface area contributed by atoms with E-state index in [9.17, 15) is 8.42 Å². The van der Waals surface area contributed by atoms with Crippen molar-refractivity contribution in [3.8, 4) is 11.5 Å². The van der Waals surface area contributed by atoms with Crippen LogP contribution >= 0.6 is 0 Å². The predicted octanol–water partition coefficient (Wildman–Crippen LogP) is 1.23. The predicted molar refractivity (Wildman–Crippen MR) is 72.6 cm³/mol. The molecule has 1 aliphatic heterocycles. The van der Waals surface area contributed by atoms with E-state index in [1.165, 1.54) is 0 Å². The molecule has 2 rings (SSSR count). The summed E-state index contributed by atoms with van der Waals surface area (Å²) in [4.78, 5) is 0.287. The average Bonchev–Trinajstić information content (AvgIpc) is 2.43. The van der Waals surface area contributed by atoms with Crippen LogP contribution in [0.1, 0.15) is 13.3 Å². The lowest BCUT2D eigenvalue weighted by Gasteiger charge is -2.18. The largest absolute Gasteiger partial charge is 0.486 e. The monoisotopic (exact) mass is 285 g/mol. The van der Waals surface area contributed by atoms with E-state index in [4.69, 9.17) is 9.47 Å². The minimum absolute atomic E-state index is 0.0899. The quantitative estimate of drug-likeness (QED) is 0.796. The Labute approximate surface area is 113 Å². The van der Waals surface area contributed by atoms with Crippen molar-refractivity contribution in [2.75, 3.05) is 32.1 Å². The first-order valence-corrected chi connectivity index (χ1v) is 8.12. The summed E-state index contributed by atoms with van der Waals surface area (Å²) in [5.41, 5.74) is 0. The second-order valence-corrected chi connectivity index (χ2v) is 6.48. The molecule has 1 heterocycles. The highest BCUT2D eigenvalue weighted by Crippen LogP contribution is 2.32. The van der Waals surface area contributed by atoms with Crippen LogP contribution in [0.15, 0.2) is 23.1 Å². The van der Waals surface area contributed by atoms with Gasteiger partial charge in [-0.05, 0) is 25.1 Å². The lowest BCUT2D eigenvalue weighted by molar-refractivity contribution is 0.171. The molecule has 1 aromatic carbocycles. The molecule has 1 aromatic rings. The maximum Gasteiger partial charge on any atom is 0.179 e. The van der Waals surface area contributed by atoms with Crippen molar-refractivity contribution in [1.29, 1.82) is 0 Å². The zero-order chi connectivity index (χ0) is 13.7. The van der Waals surface area contributed by atoms with Crippen molar-refractivity contribution < 1.29 is 17.9 Å². The fourth-order valence-corrected chi connectivity index (χ4v) is 3.05. The molecule has 0 aliphatic carbocycles. The van der Waals surface area contributed by atoms with E-state index in [1.807, 2.05) is 6.92 Å². The molecular formula is C13H19NO4S. The fraction of sp³-hybridized carbons (Fsp3) is 0.538. The molecule has 1 N–H and O–H groups in total. The summed E-state index contributed by atoms with van der Waals surface area (Å²) in [7, 11) is -3.27. The van der Waals surface area contributed by atoms with E-state index in [1.54, 1.807) is 18.2 Å². The first-order chi connectivity index (χ1) is 9.13. The van der Waals surface area contributed by atoms with Gasteiger partial charge in [0.1, 0.15) is 13.2 Å². The summed E-state index contributed by atoms with van der Waals surface area (Å²) in [6, 6.07) is 4.77. The van der Waals surface area contributed by atoms with Gasteiger partial charge >= 0.3 is 0 Å². The average molecular weight is 285 g/mol. The van der Waals surface area contributed by atoms with Gasteiger partial charge in [-0.2, -0.15) is 0 Å². The third-order valence-electron chi connectivity index (χ3n) is 2.85. The summed E-state index contributed by atoms with van der Waals surface area (Å²) >= 11 is 0. The van der Waals surface area contributed by atoms with Gasteiger partial charge in [-0.25, -0.2) is 8.42 Å². The molecule has 0 radical (unpaired) electrons. The van der Waals surface area contributed by atoms with Crippen molar-refractivity contribution in [1.82, 2.24) is 5.32 Å². The topological polar surface area (TPSA) is 64.6 Å². The van der Waals surface area contributed by atoms with Gasteiger partial charge in [-0.3, -0.25) is 0 Å². The Balaban J connectivity index is 2.07. The maximum atomic E-state index is 12.1. The molecule has 0 atom stereocenters. The van der Waals surface area contributed by atoms with Crippen molar-refractivity contribution in [3.05, 3.63) is 18.2 Å². The zero-order valence-electron chi connectivity index (χ0n) is 11.0. The van der Waals surface area contributed by atoms with Crippen LogP contribution in [0, 0.1) is 0 Å². The second-order valence-electron chi connectivity index (χ2n) is 4.37. The number of hydrogen-bond donors (Lipinski definition) is 1. The molecule has 6 heteroatoms. The van der Waals surface area contributed by atoms with Gasteiger partial charge in [0.25, 0.3) is 0 Å². The van der Waals surface area contributed by atoms with E-state index in [-0.39, 0.29) is 10.6 Å². The highest BCUT2D eigenvalue weighted by molar-refractivity contribution is 7.91. The molecule has 0 bridgehead atoms. The first kappa shape index (κ1) is 14.1. The molecule has 0 saturated carbocycles. The number of benzene rings is 1. The molecule has 0 fully saturated rings. The number of rotatable bonds is 6. The molecule has 0 aromatic heterocycles. The SMILES string of the molecule is CCCNCCS(=O)(=O)c1ccc2c(c1)OCCO2. The Kier molecular flexibility index (Phi) is 4.66. The third kappa shape index (κ3) is 3.61. The van der Waals surface area contributed by atoms with Crippen LogP contribution < -0.4 is 14.8 Å². The van der Waals surface area contributed by atoms with E-state index in [0.717, 1.165) is 13.0 Å². The van der Waals surface area contributed by atoms with Gasteiger partial charge in [0.15, 0.2) is 21.3 Å². The molecule has 0 spiro atoms. The third-order valence-corrected chi connectivity index (χ3v) is 4.56. The van der Waals surface area contributed by atoms with Crippen LogP contribution in [0.5, 0.6) is 11.5 Å².